The van der Waals surface area contributed by atoms with E-state index in [1.54, 1.807) is 0 Å². The lowest BCUT2D eigenvalue weighted by Gasteiger charge is -2.27. The minimum absolute atomic E-state index is 0.0826. The molecular formula is C12H14BrNO2. The molecule has 4 heteroatoms. The summed E-state index contributed by atoms with van der Waals surface area (Å²) in [5.74, 6) is 0.662. The monoisotopic (exact) mass is 283 g/mol. The van der Waals surface area contributed by atoms with Crippen LogP contribution in [0.25, 0.3) is 0 Å². The van der Waals surface area contributed by atoms with Gasteiger partial charge in [0.25, 0.3) is 0 Å². The first-order valence-corrected chi connectivity index (χ1v) is 6.18. The number of rotatable bonds is 3. The Hall–Kier alpha value is -1.03. The van der Waals surface area contributed by atoms with E-state index in [2.05, 4.69) is 21.2 Å². The fraction of sp³-hybridized carbons (Fsp3) is 0.417. The third-order valence-corrected chi connectivity index (χ3v) is 3.09. The zero-order chi connectivity index (χ0) is 11.5. The van der Waals surface area contributed by atoms with Crippen LogP contribution in [0.2, 0.25) is 0 Å². The van der Waals surface area contributed by atoms with Gasteiger partial charge < -0.3 is 10.1 Å². The standard InChI is InChI=1S/C12H14BrNO2/c1-8(15)14-11-6-5-9(13)7-12(11)16-10-3-2-4-10/h5-7,10H,2-4H2,1H3,(H,14,15). The zero-order valence-electron chi connectivity index (χ0n) is 9.13. The van der Waals surface area contributed by atoms with E-state index in [0.717, 1.165) is 28.8 Å². The van der Waals surface area contributed by atoms with Gasteiger partial charge in [0.2, 0.25) is 5.91 Å². The van der Waals surface area contributed by atoms with Gasteiger partial charge in [-0.3, -0.25) is 4.79 Å². The maximum atomic E-state index is 11.0. The number of nitrogens with one attached hydrogen (secondary N) is 1. The number of hydrogen-bond acceptors (Lipinski definition) is 2. The van der Waals surface area contributed by atoms with E-state index in [0.29, 0.717) is 6.10 Å². The average Bonchev–Trinajstić information content (AvgIpc) is 2.15. The first-order valence-electron chi connectivity index (χ1n) is 5.39. The Morgan fingerprint density at radius 1 is 1.50 bits per heavy atom. The second-order valence-electron chi connectivity index (χ2n) is 3.99. The molecule has 3 nitrogen and oxygen atoms in total. The van der Waals surface area contributed by atoms with Gasteiger partial charge in [-0.2, -0.15) is 0 Å². The van der Waals surface area contributed by atoms with Crippen molar-refractivity contribution in [1.29, 1.82) is 0 Å². The molecule has 1 N–H and O–H groups in total. The molecular weight excluding hydrogens is 270 g/mol. The fourth-order valence-corrected chi connectivity index (χ4v) is 1.89. The molecule has 1 fully saturated rings. The topological polar surface area (TPSA) is 38.3 Å². The quantitative estimate of drug-likeness (QED) is 0.924. The van der Waals surface area contributed by atoms with Gasteiger partial charge in [-0.05, 0) is 37.5 Å². The molecule has 1 aromatic carbocycles. The summed E-state index contributed by atoms with van der Waals surface area (Å²) >= 11 is 3.40. The molecule has 16 heavy (non-hydrogen) atoms. The minimum Gasteiger partial charge on any atom is -0.488 e. The molecule has 1 aliphatic rings. The first-order chi connectivity index (χ1) is 7.65. The third kappa shape index (κ3) is 2.76. The first kappa shape index (κ1) is 11.5. The number of benzene rings is 1. The smallest absolute Gasteiger partial charge is 0.221 e. The van der Waals surface area contributed by atoms with Gasteiger partial charge in [0.05, 0.1) is 11.8 Å². The van der Waals surface area contributed by atoms with Crippen LogP contribution in [0.15, 0.2) is 22.7 Å². The van der Waals surface area contributed by atoms with Gasteiger partial charge in [0.15, 0.2) is 0 Å². The largest absolute Gasteiger partial charge is 0.488 e. The lowest BCUT2D eigenvalue weighted by atomic mass is 9.96. The Morgan fingerprint density at radius 2 is 2.25 bits per heavy atom. The molecule has 0 atom stereocenters. The fourth-order valence-electron chi connectivity index (χ4n) is 1.55. The van der Waals surface area contributed by atoms with Gasteiger partial charge in [-0.25, -0.2) is 0 Å². The summed E-state index contributed by atoms with van der Waals surface area (Å²) in [7, 11) is 0. The highest BCUT2D eigenvalue weighted by Gasteiger charge is 2.20. The number of carbonyl (C=O) groups is 1. The SMILES string of the molecule is CC(=O)Nc1ccc(Br)cc1OC1CCC1. The van der Waals surface area contributed by atoms with Crippen molar-refractivity contribution in [2.45, 2.75) is 32.3 Å². The molecule has 0 bridgehead atoms. The van der Waals surface area contributed by atoms with Crippen LogP contribution in [0, 0.1) is 0 Å². The summed E-state index contributed by atoms with van der Waals surface area (Å²) in [6.07, 6.45) is 3.74. The molecule has 0 heterocycles. The van der Waals surface area contributed by atoms with E-state index in [9.17, 15) is 4.79 Å². The molecule has 0 spiro atoms. The summed E-state index contributed by atoms with van der Waals surface area (Å²) in [4.78, 5) is 11.0. The molecule has 0 aromatic heterocycles. The Kier molecular flexibility index (Phi) is 3.49. The molecule has 1 aliphatic carbocycles. The van der Waals surface area contributed by atoms with Crippen LogP contribution in [-0.2, 0) is 4.79 Å². The third-order valence-electron chi connectivity index (χ3n) is 2.60. The van der Waals surface area contributed by atoms with Gasteiger partial charge in [-0.15, -0.1) is 0 Å². The van der Waals surface area contributed by atoms with Gasteiger partial charge >= 0.3 is 0 Å². The number of anilines is 1. The number of hydrogen-bond donors (Lipinski definition) is 1. The van der Waals surface area contributed by atoms with Gasteiger partial charge in [0.1, 0.15) is 5.75 Å². The maximum Gasteiger partial charge on any atom is 0.221 e. The highest BCUT2D eigenvalue weighted by Crippen LogP contribution is 2.33. The normalized spacial score (nSPS) is 15.4. The number of amides is 1. The van der Waals surface area contributed by atoms with Crippen LogP contribution in [0.1, 0.15) is 26.2 Å². The van der Waals surface area contributed by atoms with Crippen molar-refractivity contribution < 1.29 is 9.53 Å². The van der Waals surface area contributed by atoms with Crippen LogP contribution in [0.3, 0.4) is 0 Å². The molecule has 0 radical (unpaired) electrons. The molecule has 86 valence electrons. The summed E-state index contributed by atoms with van der Waals surface area (Å²) in [5.41, 5.74) is 0.739. The van der Waals surface area contributed by atoms with Crippen molar-refractivity contribution >= 4 is 27.5 Å². The van der Waals surface area contributed by atoms with Crippen LogP contribution in [0.5, 0.6) is 5.75 Å². The Morgan fingerprint density at radius 3 is 2.81 bits per heavy atom. The second-order valence-corrected chi connectivity index (χ2v) is 4.91. The molecule has 1 saturated carbocycles. The number of halogens is 1. The average molecular weight is 284 g/mol. The van der Waals surface area contributed by atoms with E-state index in [-0.39, 0.29) is 5.91 Å². The second kappa shape index (κ2) is 4.87. The highest BCUT2D eigenvalue weighted by atomic mass is 79.9. The van der Waals surface area contributed by atoms with Crippen molar-refractivity contribution in [2.24, 2.45) is 0 Å². The van der Waals surface area contributed by atoms with Gasteiger partial charge in [-0.1, -0.05) is 15.9 Å². The maximum absolute atomic E-state index is 11.0. The Balaban J connectivity index is 2.17. The van der Waals surface area contributed by atoms with E-state index in [1.165, 1.54) is 13.3 Å². The van der Waals surface area contributed by atoms with E-state index in [1.807, 2.05) is 18.2 Å². The van der Waals surface area contributed by atoms with Crippen molar-refractivity contribution in [3.05, 3.63) is 22.7 Å². The zero-order valence-corrected chi connectivity index (χ0v) is 10.7. The van der Waals surface area contributed by atoms with Gasteiger partial charge in [0, 0.05) is 11.4 Å². The molecule has 2 rings (SSSR count). The lowest BCUT2D eigenvalue weighted by molar-refractivity contribution is -0.114. The van der Waals surface area contributed by atoms with Crippen LogP contribution >= 0.6 is 15.9 Å². The van der Waals surface area contributed by atoms with E-state index < -0.39 is 0 Å². The predicted molar refractivity (Wildman–Crippen MR) is 66.7 cm³/mol. The lowest BCUT2D eigenvalue weighted by Crippen LogP contribution is -2.25. The highest BCUT2D eigenvalue weighted by molar-refractivity contribution is 9.10. The summed E-state index contributed by atoms with van der Waals surface area (Å²) in [6.45, 7) is 1.50. The van der Waals surface area contributed by atoms with Crippen molar-refractivity contribution in [3.63, 3.8) is 0 Å². The number of carbonyl (C=O) groups excluding carboxylic acids is 1. The van der Waals surface area contributed by atoms with Crippen LogP contribution in [-0.4, -0.2) is 12.0 Å². The molecule has 1 aromatic rings. The van der Waals surface area contributed by atoms with Crippen LogP contribution in [0.4, 0.5) is 5.69 Å². The van der Waals surface area contributed by atoms with Crippen molar-refractivity contribution in [3.8, 4) is 5.75 Å². The summed E-state index contributed by atoms with van der Waals surface area (Å²) in [6, 6.07) is 5.63. The van der Waals surface area contributed by atoms with Crippen molar-refractivity contribution in [1.82, 2.24) is 0 Å². The summed E-state index contributed by atoms with van der Waals surface area (Å²) in [5, 5.41) is 2.77. The number of ether oxygens (including phenoxy) is 1. The van der Waals surface area contributed by atoms with Crippen molar-refractivity contribution in [2.75, 3.05) is 5.32 Å². The Bertz CT molecular complexity index is 402. The molecule has 0 saturated heterocycles. The minimum atomic E-state index is -0.0826. The molecule has 0 aliphatic heterocycles. The summed E-state index contributed by atoms with van der Waals surface area (Å²) < 4.78 is 6.77. The van der Waals surface area contributed by atoms with Crippen LogP contribution < -0.4 is 10.1 Å². The molecule has 1 amide bonds. The predicted octanol–water partition coefficient (Wildman–Crippen LogP) is 3.34. The van der Waals surface area contributed by atoms with E-state index >= 15 is 0 Å². The van der Waals surface area contributed by atoms with E-state index in [4.69, 9.17) is 4.74 Å². The molecule has 0 unspecified atom stereocenters. The Labute approximate surface area is 103 Å².